The minimum absolute atomic E-state index is 0.245. The maximum absolute atomic E-state index is 4.24. The van der Waals surface area contributed by atoms with E-state index >= 15 is 0 Å². The third kappa shape index (κ3) is 1.86. The highest BCUT2D eigenvalue weighted by atomic mass is 15.6. The van der Waals surface area contributed by atoms with Crippen LogP contribution in [0.15, 0.2) is 0 Å². The number of nitrogens with one attached hydrogen (secondary N) is 1. The van der Waals surface area contributed by atoms with Gasteiger partial charge in [0.15, 0.2) is 5.82 Å². The molecule has 94 valence electrons. The summed E-state index contributed by atoms with van der Waals surface area (Å²) in [6, 6.07) is 0.800. The molecule has 0 spiro atoms. The molecule has 1 N–H and O–H groups in total. The first-order valence-corrected chi connectivity index (χ1v) is 6.80. The molecule has 17 heavy (non-hydrogen) atoms. The molecule has 1 aromatic rings. The first-order valence-electron chi connectivity index (χ1n) is 6.80. The van der Waals surface area contributed by atoms with Crippen LogP contribution in [0.2, 0.25) is 0 Å². The highest BCUT2D eigenvalue weighted by Crippen LogP contribution is 2.50. The molecule has 2 fully saturated rings. The van der Waals surface area contributed by atoms with Gasteiger partial charge in [-0.15, -0.1) is 5.10 Å². The van der Waals surface area contributed by atoms with E-state index in [-0.39, 0.29) is 6.04 Å². The highest BCUT2D eigenvalue weighted by Gasteiger charge is 2.42. The Bertz CT molecular complexity index is 388. The van der Waals surface area contributed by atoms with Gasteiger partial charge in [-0.2, -0.15) is 0 Å². The Labute approximate surface area is 102 Å². The fourth-order valence-electron chi connectivity index (χ4n) is 3.63. The molecule has 3 rings (SSSR count). The number of hydrogen-bond donors (Lipinski definition) is 1. The fourth-order valence-corrected chi connectivity index (χ4v) is 3.63. The summed E-state index contributed by atoms with van der Waals surface area (Å²) >= 11 is 0. The minimum Gasteiger partial charge on any atom is -0.308 e. The smallest absolute Gasteiger partial charge is 0.168 e. The van der Waals surface area contributed by atoms with E-state index in [1.165, 1.54) is 25.7 Å². The lowest BCUT2D eigenvalue weighted by Gasteiger charge is -2.24. The zero-order valence-electron chi connectivity index (χ0n) is 10.6. The largest absolute Gasteiger partial charge is 0.308 e. The number of rotatable bonds is 4. The number of nitrogens with zero attached hydrogens (tertiary/aromatic N) is 4. The van der Waals surface area contributed by atoms with E-state index in [0.717, 1.165) is 24.2 Å². The lowest BCUT2D eigenvalue weighted by atomic mass is 9.95. The first kappa shape index (κ1) is 11.1. The molecule has 2 saturated carbocycles. The predicted molar refractivity (Wildman–Crippen MR) is 64.4 cm³/mol. The topological polar surface area (TPSA) is 55.6 Å². The van der Waals surface area contributed by atoms with Gasteiger partial charge in [0.05, 0.1) is 12.1 Å². The van der Waals surface area contributed by atoms with Crippen molar-refractivity contribution >= 4 is 0 Å². The quantitative estimate of drug-likeness (QED) is 0.863. The third-order valence-electron chi connectivity index (χ3n) is 4.43. The van der Waals surface area contributed by atoms with Gasteiger partial charge in [-0.25, -0.2) is 4.68 Å². The number of fused-ring (bicyclic) bond motifs is 2. The summed E-state index contributed by atoms with van der Waals surface area (Å²) in [4.78, 5) is 0. The van der Waals surface area contributed by atoms with Crippen LogP contribution in [0.5, 0.6) is 0 Å². The number of hydrogen-bond acceptors (Lipinski definition) is 4. The number of tetrazole rings is 1. The van der Waals surface area contributed by atoms with Crippen molar-refractivity contribution in [2.75, 3.05) is 6.54 Å². The molecule has 5 heteroatoms. The van der Waals surface area contributed by atoms with Gasteiger partial charge in [0, 0.05) is 0 Å². The van der Waals surface area contributed by atoms with Crippen LogP contribution in [0.3, 0.4) is 0 Å². The van der Waals surface area contributed by atoms with E-state index in [4.69, 9.17) is 0 Å². The Hall–Kier alpha value is -0.970. The van der Waals surface area contributed by atoms with Crippen molar-refractivity contribution in [3.63, 3.8) is 0 Å². The van der Waals surface area contributed by atoms with E-state index in [2.05, 4.69) is 39.4 Å². The summed E-state index contributed by atoms with van der Waals surface area (Å²) in [5, 5.41) is 15.7. The summed E-state index contributed by atoms with van der Waals surface area (Å²) in [6.07, 6.45) is 5.45. The van der Waals surface area contributed by atoms with Crippen LogP contribution in [0.4, 0.5) is 0 Å². The van der Waals surface area contributed by atoms with Crippen molar-refractivity contribution in [1.29, 1.82) is 0 Å². The predicted octanol–water partition coefficient (Wildman–Crippen LogP) is 1.70. The molecule has 2 bridgehead atoms. The lowest BCUT2D eigenvalue weighted by Crippen LogP contribution is -2.26. The molecule has 2 aliphatic rings. The van der Waals surface area contributed by atoms with Gasteiger partial charge < -0.3 is 5.32 Å². The Morgan fingerprint density at radius 3 is 2.94 bits per heavy atom. The van der Waals surface area contributed by atoms with Gasteiger partial charge in [0.25, 0.3) is 0 Å². The Morgan fingerprint density at radius 1 is 1.41 bits per heavy atom. The Kier molecular flexibility index (Phi) is 2.86. The molecular weight excluding hydrogens is 214 g/mol. The van der Waals surface area contributed by atoms with Gasteiger partial charge in [0.1, 0.15) is 0 Å². The molecule has 4 atom stereocenters. The van der Waals surface area contributed by atoms with E-state index in [9.17, 15) is 0 Å². The molecule has 1 aromatic heterocycles. The molecule has 1 heterocycles. The first-order chi connectivity index (χ1) is 8.29. The summed E-state index contributed by atoms with van der Waals surface area (Å²) < 4.78 is 2.09. The second-order valence-corrected chi connectivity index (χ2v) is 5.50. The summed E-state index contributed by atoms with van der Waals surface area (Å²) in [5.74, 6) is 2.75. The standard InChI is InChI=1S/C12H21N5/c1-3-13-8(2)12-14-15-16-17(12)11-7-9-4-5-10(11)6-9/h8-11,13H,3-7H2,1-2H3. The van der Waals surface area contributed by atoms with E-state index in [1.54, 1.807) is 0 Å². The van der Waals surface area contributed by atoms with Crippen LogP contribution < -0.4 is 5.32 Å². The maximum atomic E-state index is 4.24. The van der Waals surface area contributed by atoms with Crippen LogP contribution in [0.1, 0.15) is 57.4 Å². The maximum Gasteiger partial charge on any atom is 0.168 e. The molecule has 2 aliphatic carbocycles. The molecule has 0 radical (unpaired) electrons. The summed E-state index contributed by atoms with van der Waals surface area (Å²) in [5.41, 5.74) is 0. The van der Waals surface area contributed by atoms with E-state index in [0.29, 0.717) is 6.04 Å². The van der Waals surface area contributed by atoms with Crippen LogP contribution in [-0.4, -0.2) is 26.8 Å². The van der Waals surface area contributed by atoms with Crippen molar-refractivity contribution in [3.8, 4) is 0 Å². The number of aromatic nitrogens is 4. The highest BCUT2D eigenvalue weighted by molar-refractivity contribution is 4.99. The molecule has 0 aromatic carbocycles. The van der Waals surface area contributed by atoms with Crippen LogP contribution in [0, 0.1) is 11.8 Å². The van der Waals surface area contributed by atoms with Crippen LogP contribution in [-0.2, 0) is 0 Å². The average Bonchev–Trinajstić information content (AvgIpc) is 3.04. The lowest BCUT2D eigenvalue weighted by molar-refractivity contribution is 0.288. The van der Waals surface area contributed by atoms with Crippen LogP contribution >= 0.6 is 0 Å². The van der Waals surface area contributed by atoms with Gasteiger partial charge in [0.2, 0.25) is 0 Å². The average molecular weight is 235 g/mol. The normalized spacial score (nSPS) is 33.2. The second kappa shape index (κ2) is 4.37. The van der Waals surface area contributed by atoms with Crippen molar-refractivity contribution in [3.05, 3.63) is 5.82 Å². The van der Waals surface area contributed by atoms with Gasteiger partial charge in [-0.3, -0.25) is 0 Å². The van der Waals surface area contributed by atoms with Crippen molar-refractivity contribution in [1.82, 2.24) is 25.5 Å². The summed E-state index contributed by atoms with van der Waals surface area (Å²) in [6.45, 7) is 5.20. The van der Waals surface area contributed by atoms with Crippen molar-refractivity contribution in [2.24, 2.45) is 11.8 Å². The molecule has 5 nitrogen and oxygen atoms in total. The fraction of sp³-hybridized carbons (Fsp3) is 0.917. The Morgan fingerprint density at radius 2 is 2.29 bits per heavy atom. The molecular formula is C12H21N5. The van der Waals surface area contributed by atoms with Crippen molar-refractivity contribution in [2.45, 2.75) is 51.6 Å². The zero-order valence-corrected chi connectivity index (χ0v) is 10.6. The monoisotopic (exact) mass is 235 g/mol. The summed E-state index contributed by atoms with van der Waals surface area (Å²) in [7, 11) is 0. The Balaban J connectivity index is 1.81. The van der Waals surface area contributed by atoms with E-state index in [1.807, 2.05) is 0 Å². The zero-order chi connectivity index (χ0) is 11.8. The van der Waals surface area contributed by atoms with Gasteiger partial charge in [-0.05, 0) is 55.0 Å². The van der Waals surface area contributed by atoms with Gasteiger partial charge >= 0.3 is 0 Å². The SMILES string of the molecule is CCNC(C)c1nnnn1C1CC2CCC1C2. The van der Waals surface area contributed by atoms with Gasteiger partial charge in [-0.1, -0.05) is 13.3 Å². The molecule has 0 saturated heterocycles. The van der Waals surface area contributed by atoms with E-state index < -0.39 is 0 Å². The molecule has 4 unspecified atom stereocenters. The third-order valence-corrected chi connectivity index (χ3v) is 4.43. The second-order valence-electron chi connectivity index (χ2n) is 5.50. The van der Waals surface area contributed by atoms with Crippen molar-refractivity contribution < 1.29 is 0 Å². The molecule has 0 aliphatic heterocycles. The molecule has 0 amide bonds. The minimum atomic E-state index is 0.245. The van der Waals surface area contributed by atoms with Crippen LogP contribution in [0.25, 0.3) is 0 Å².